The zero-order chi connectivity index (χ0) is 18.4. The fourth-order valence-corrected chi connectivity index (χ4v) is 3.25. The molecule has 134 valence electrons. The van der Waals surface area contributed by atoms with Crippen LogP contribution in [0.3, 0.4) is 0 Å². The molecular formula is C17H18F2N2O3S. The van der Waals surface area contributed by atoms with Gasteiger partial charge in [0.25, 0.3) is 0 Å². The minimum atomic E-state index is -3.87. The number of nitrogens with one attached hydrogen (secondary N) is 1. The minimum absolute atomic E-state index is 0.0875. The summed E-state index contributed by atoms with van der Waals surface area (Å²) in [6.45, 7) is -0.0575. The molecule has 0 fully saturated rings. The highest BCUT2D eigenvalue weighted by atomic mass is 32.2. The van der Waals surface area contributed by atoms with Gasteiger partial charge in [0.1, 0.15) is 11.6 Å². The Kier molecular flexibility index (Phi) is 6.22. The molecule has 0 unspecified atom stereocenters. The van der Waals surface area contributed by atoms with Gasteiger partial charge in [0.05, 0.1) is 11.4 Å². The smallest absolute Gasteiger partial charge is 0.243 e. The predicted molar refractivity (Wildman–Crippen MR) is 89.3 cm³/mol. The molecular weight excluding hydrogens is 350 g/mol. The summed E-state index contributed by atoms with van der Waals surface area (Å²) in [4.78, 5) is 11.8. The van der Waals surface area contributed by atoms with E-state index in [1.165, 1.54) is 19.2 Å². The number of hydrogen-bond donors (Lipinski definition) is 1. The third-order valence-corrected chi connectivity index (χ3v) is 5.35. The number of carbonyl (C=O) groups excluding carboxylic acids is 1. The Morgan fingerprint density at radius 1 is 1.00 bits per heavy atom. The van der Waals surface area contributed by atoms with E-state index in [1.54, 1.807) is 12.1 Å². The highest BCUT2D eigenvalue weighted by Crippen LogP contribution is 2.14. The molecule has 0 aliphatic rings. The van der Waals surface area contributed by atoms with Crippen LogP contribution < -0.4 is 5.32 Å². The Morgan fingerprint density at radius 3 is 2.08 bits per heavy atom. The molecule has 0 aliphatic carbocycles. The van der Waals surface area contributed by atoms with Crippen LogP contribution in [0.1, 0.15) is 5.56 Å². The largest absolute Gasteiger partial charge is 0.355 e. The monoisotopic (exact) mass is 368 g/mol. The van der Waals surface area contributed by atoms with Crippen molar-refractivity contribution in [2.45, 2.75) is 11.3 Å². The van der Waals surface area contributed by atoms with E-state index in [1.807, 2.05) is 0 Å². The van der Waals surface area contributed by atoms with Crippen molar-refractivity contribution in [3.05, 3.63) is 65.7 Å². The van der Waals surface area contributed by atoms with E-state index in [4.69, 9.17) is 0 Å². The lowest BCUT2D eigenvalue weighted by atomic mass is 10.1. The topological polar surface area (TPSA) is 66.5 Å². The van der Waals surface area contributed by atoms with Gasteiger partial charge in [-0.05, 0) is 48.4 Å². The number of halogens is 2. The van der Waals surface area contributed by atoms with Crippen LogP contribution in [0.15, 0.2) is 53.4 Å². The van der Waals surface area contributed by atoms with Crippen LogP contribution >= 0.6 is 0 Å². The molecule has 0 atom stereocenters. The van der Waals surface area contributed by atoms with Crippen LogP contribution in [-0.2, 0) is 21.2 Å². The average molecular weight is 368 g/mol. The van der Waals surface area contributed by atoms with Crippen LogP contribution in [0, 0.1) is 11.6 Å². The van der Waals surface area contributed by atoms with E-state index in [0.717, 1.165) is 34.1 Å². The Morgan fingerprint density at radius 2 is 1.52 bits per heavy atom. The Labute approximate surface area is 145 Å². The SMILES string of the molecule is CN(CC(=O)NCCc1ccc(F)cc1)S(=O)(=O)c1ccc(F)cc1. The maximum atomic E-state index is 12.9. The molecule has 25 heavy (non-hydrogen) atoms. The number of amides is 1. The molecule has 0 bridgehead atoms. The fourth-order valence-electron chi connectivity index (χ4n) is 2.13. The van der Waals surface area contributed by atoms with Crippen LogP contribution in [0.5, 0.6) is 0 Å². The van der Waals surface area contributed by atoms with Crippen molar-refractivity contribution in [2.75, 3.05) is 20.1 Å². The number of rotatable bonds is 7. The first kappa shape index (κ1) is 19.0. The van der Waals surface area contributed by atoms with Gasteiger partial charge in [0.2, 0.25) is 15.9 Å². The Hall–Kier alpha value is -2.32. The Bertz CT molecular complexity index is 822. The maximum absolute atomic E-state index is 12.9. The van der Waals surface area contributed by atoms with Crippen LogP contribution in [0.2, 0.25) is 0 Å². The molecule has 0 heterocycles. The molecule has 0 aromatic heterocycles. The van der Waals surface area contributed by atoms with E-state index in [9.17, 15) is 22.0 Å². The van der Waals surface area contributed by atoms with Crippen molar-refractivity contribution in [3.8, 4) is 0 Å². The first-order chi connectivity index (χ1) is 11.8. The number of nitrogens with zero attached hydrogens (tertiary/aromatic N) is 1. The molecule has 1 amide bonds. The summed E-state index contributed by atoms with van der Waals surface area (Å²) in [6.07, 6.45) is 0.500. The molecule has 5 nitrogen and oxygen atoms in total. The molecule has 0 radical (unpaired) electrons. The second-order valence-electron chi connectivity index (χ2n) is 5.44. The van der Waals surface area contributed by atoms with Crippen molar-refractivity contribution < 1.29 is 22.0 Å². The third kappa shape index (κ3) is 5.33. The molecule has 8 heteroatoms. The molecule has 1 N–H and O–H groups in total. The van der Waals surface area contributed by atoms with Crippen LogP contribution in [-0.4, -0.2) is 38.8 Å². The van der Waals surface area contributed by atoms with E-state index >= 15 is 0 Å². The number of hydrogen-bond acceptors (Lipinski definition) is 3. The number of carbonyl (C=O) groups is 1. The maximum Gasteiger partial charge on any atom is 0.243 e. The molecule has 0 saturated carbocycles. The predicted octanol–water partition coefficient (Wildman–Crippen LogP) is 1.94. The Balaban J connectivity index is 1.86. The van der Waals surface area contributed by atoms with Gasteiger partial charge < -0.3 is 5.32 Å². The second kappa shape index (κ2) is 8.17. The van der Waals surface area contributed by atoms with E-state index in [0.29, 0.717) is 13.0 Å². The number of likely N-dealkylation sites (N-methyl/N-ethyl adjacent to an activating group) is 1. The lowest BCUT2D eigenvalue weighted by Gasteiger charge is -2.17. The van der Waals surface area contributed by atoms with Crippen molar-refractivity contribution in [1.29, 1.82) is 0 Å². The summed E-state index contributed by atoms with van der Waals surface area (Å²) in [6, 6.07) is 10.3. The first-order valence-corrected chi connectivity index (χ1v) is 8.96. The highest BCUT2D eigenvalue weighted by molar-refractivity contribution is 7.89. The van der Waals surface area contributed by atoms with Gasteiger partial charge >= 0.3 is 0 Å². The summed E-state index contributed by atoms with van der Waals surface area (Å²) < 4.78 is 51.2. The first-order valence-electron chi connectivity index (χ1n) is 7.52. The molecule has 2 aromatic carbocycles. The van der Waals surface area contributed by atoms with Gasteiger partial charge in [0.15, 0.2) is 0 Å². The van der Waals surface area contributed by atoms with Gasteiger partial charge in [0, 0.05) is 13.6 Å². The average Bonchev–Trinajstić information content (AvgIpc) is 2.57. The lowest BCUT2D eigenvalue weighted by molar-refractivity contribution is -0.121. The normalized spacial score (nSPS) is 11.5. The van der Waals surface area contributed by atoms with Gasteiger partial charge in [-0.15, -0.1) is 0 Å². The molecule has 0 aliphatic heterocycles. The van der Waals surface area contributed by atoms with Gasteiger partial charge in [-0.2, -0.15) is 4.31 Å². The summed E-state index contributed by atoms with van der Waals surface area (Å²) in [5.41, 5.74) is 0.856. The minimum Gasteiger partial charge on any atom is -0.355 e. The van der Waals surface area contributed by atoms with E-state index in [-0.39, 0.29) is 17.3 Å². The van der Waals surface area contributed by atoms with Gasteiger partial charge in [-0.1, -0.05) is 12.1 Å². The van der Waals surface area contributed by atoms with Crippen molar-refractivity contribution in [3.63, 3.8) is 0 Å². The van der Waals surface area contributed by atoms with Gasteiger partial charge in [-0.3, -0.25) is 4.79 Å². The standard InChI is InChI=1S/C17H18F2N2O3S/c1-21(25(23,24)16-8-6-15(19)7-9-16)12-17(22)20-11-10-13-2-4-14(18)5-3-13/h2-9H,10-12H2,1H3,(H,20,22). The zero-order valence-corrected chi connectivity index (χ0v) is 14.4. The number of sulfonamides is 1. The van der Waals surface area contributed by atoms with Crippen molar-refractivity contribution in [2.24, 2.45) is 0 Å². The van der Waals surface area contributed by atoms with Crippen molar-refractivity contribution in [1.82, 2.24) is 9.62 Å². The quantitative estimate of drug-likeness (QED) is 0.812. The van der Waals surface area contributed by atoms with E-state index in [2.05, 4.69) is 5.32 Å². The summed E-state index contributed by atoms with van der Waals surface area (Å²) in [7, 11) is -2.59. The molecule has 0 saturated heterocycles. The van der Waals surface area contributed by atoms with Crippen molar-refractivity contribution >= 4 is 15.9 Å². The highest BCUT2D eigenvalue weighted by Gasteiger charge is 2.22. The second-order valence-corrected chi connectivity index (χ2v) is 7.49. The van der Waals surface area contributed by atoms with E-state index < -0.39 is 21.7 Å². The molecule has 2 aromatic rings. The third-order valence-electron chi connectivity index (χ3n) is 3.54. The van der Waals surface area contributed by atoms with Crippen LogP contribution in [0.25, 0.3) is 0 Å². The van der Waals surface area contributed by atoms with Crippen LogP contribution in [0.4, 0.5) is 8.78 Å². The fraction of sp³-hybridized carbons (Fsp3) is 0.235. The summed E-state index contributed by atoms with van der Waals surface area (Å²) >= 11 is 0. The summed E-state index contributed by atoms with van der Waals surface area (Å²) in [5.74, 6) is -1.34. The van der Waals surface area contributed by atoms with Gasteiger partial charge in [-0.25, -0.2) is 17.2 Å². The molecule has 0 spiro atoms. The summed E-state index contributed by atoms with van der Waals surface area (Å²) in [5, 5.41) is 2.61. The molecule has 2 rings (SSSR count). The number of benzene rings is 2. The lowest BCUT2D eigenvalue weighted by Crippen LogP contribution is -2.39. The zero-order valence-electron chi connectivity index (χ0n) is 13.6.